The van der Waals surface area contributed by atoms with Crippen LogP contribution in [0.3, 0.4) is 0 Å². The molecular weight excluding hydrogens is 314 g/mol. The summed E-state index contributed by atoms with van der Waals surface area (Å²) >= 11 is 1.78. The number of anilines is 1. The average molecular weight is 334 g/mol. The number of hydrogen-bond donors (Lipinski definition) is 3. The molecule has 0 aliphatic carbocycles. The van der Waals surface area contributed by atoms with Crippen molar-refractivity contribution in [3.63, 3.8) is 0 Å². The Morgan fingerprint density at radius 2 is 2.35 bits per heavy atom. The van der Waals surface area contributed by atoms with Gasteiger partial charge in [-0.3, -0.25) is 0 Å². The highest BCUT2D eigenvalue weighted by molar-refractivity contribution is 7.19. The molecule has 9 heteroatoms. The Morgan fingerprint density at radius 3 is 3.17 bits per heavy atom. The number of fused-ring (bicyclic) bond motifs is 5. The van der Waals surface area contributed by atoms with Gasteiger partial charge in [0, 0.05) is 19.6 Å². The van der Waals surface area contributed by atoms with Gasteiger partial charge in [0.25, 0.3) is 5.78 Å². The van der Waals surface area contributed by atoms with Crippen LogP contribution >= 0.6 is 11.3 Å². The minimum absolute atomic E-state index is 0.168. The molecule has 0 saturated carbocycles. The lowest BCUT2D eigenvalue weighted by Crippen LogP contribution is -3.11. The molecule has 8 nitrogen and oxygen atoms in total. The zero-order chi connectivity index (χ0) is 15.8. The van der Waals surface area contributed by atoms with Gasteiger partial charge in [0.05, 0.1) is 23.4 Å². The van der Waals surface area contributed by atoms with Crippen molar-refractivity contribution in [1.82, 2.24) is 25.0 Å². The second-order valence-electron chi connectivity index (χ2n) is 5.82. The van der Waals surface area contributed by atoms with Crippen molar-refractivity contribution in [1.29, 1.82) is 0 Å². The maximum absolute atomic E-state index is 9.01. The SMILES string of the molecule is CC[NH+]1CCc2c(sc3c2c(NCCCO)nc2nnnn23)C1. The summed E-state index contributed by atoms with van der Waals surface area (Å²) < 4.78 is 1.74. The first-order chi connectivity index (χ1) is 11.3. The number of quaternary nitrogens is 1. The first kappa shape index (κ1) is 14.7. The van der Waals surface area contributed by atoms with Crippen LogP contribution in [0.25, 0.3) is 16.0 Å². The molecule has 122 valence electrons. The Morgan fingerprint density at radius 1 is 1.43 bits per heavy atom. The lowest BCUT2D eigenvalue weighted by molar-refractivity contribution is -0.913. The van der Waals surface area contributed by atoms with Crippen LogP contribution in [0.2, 0.25) is 0 Å². The lowest BCUT2D eigenvalue weighted by atomic mass is 10.0. The molecule has 0 radical (unpaired) electrons. The Labute approximate surface area is 137 Å². The van der Waals surface area contributed by atoms with Crippen LogP contribution in [-0.2, 0) is 13.0 Å². The van der Waals surface area contributed by atoms with E-state index in [0.717, 1.165) is 42.1 Å². The normalized spacial score (nSPS) is 17.7. The van der Waals surface area contributed by atoms with Crippen LogP contribution in [0.1, 0.15) is 23.8 Å². The molecule has 0 bridgehead atoms. The summed E-state index contributed by atoms with van der Waals surface area (Å²) in [6.45, 7) is 6.45. The maximum Gasteiger partial charge on any atom is 0.276 e. The Kier molecular flexibility index (Phi) is 3.83. The van der Waals surface area contributed by atoms with E-state index < -0.39 is 0 Å². The summed E-state index contributed by atoms with van der Waals surface area (Å²) in [4.78, 5) is 8.68. The molecule has 1 aliphatic rings. The van der Waals surface area contributed by atoms with Gasteiger partial charge in [-0.2, -0.15) is 9.50 Å². The van der Waals surface area contributed by atoms with Crippen molar-refractivity contribution in [3.05, 3.63) is 10.4 Å². The Bertz CT molecular complexity index is 842. The molecule has 0 saturated heterocycles. The van der Waals surface area contributed by atoms with Crippen LogP contribution in [0.15, 0.2) is 0 Å². The van der Waals surface area contributed by atoms with Gasteiger partial charge in [0.1, 0.15) is 17.2 Å². The molecule has 3 aromatic heterocycles. The molecule has 1 atom stereocenters. The molecule has 4 rings (SSSR count). The largest absolute Gasteiger partial charge is 0.396 e. The first-order valence-electron chi connectivity index (χ1n) is 8.02. The molecule has 23 heavy (non-hydrogen) atoms. The number of nitrogens with zero attached hydrogens (tertiary/aromatic N) is 5. The third-order valence-corrected chi connectivity index (χ3v) is 5.64. The monoisotopic (exact) mass is 334 g/mol. The number of thiophene rings is 1. The van der Waals surface area contributed by atoms with Crippen LogP contribution in [-0.4, -0.2) is 56.4 Å². The summed E-state index contributed by atoms with van der Waals surface area (Å²) in [6.07, 6.45) is 1.75. The molecule has 1 aliphatic heterocycles. The maximum atomic E-state index is 9.01. The van der Waals surface area contributed by atoms with E-state index in [2.05, 4.69) is 32.7 Å². The van der Waals surface area contributed by atoms with Crippen LogP contribution in [0, 0.1) is 0 Å². The van der Waals surface area contributed by atoms with Crippen LogP contribution < -0.4 is 10.2 Å². The van der Waals surface area contributed by atoms with Crippen molar-refractivity contribution in [3.8, 4) is 0 Å². The highest BCUT2D eigenvalue weighted by atomic mass is 32.1. The van der Waals surface area contributed by atoms with Gasteiger partial charge in [-0.15, -0.1) is 11.3 Å². The van der Waals surface area contributed by atoms with E-state index in [1.807, 2.05) is 0 Å². The zero-order valence-corrected chi connectivity index (χ0v) is 13.9. The minimum atomic E-state index is 0.168. The van der Waals surface area contributed by atoms with E-state index in [4.69, 9.17) is 5.11 Å². The van der Waals surface area contributed by atoms with Crippen molar-refractivity contribution < 1.29 is 10.0 Å². The Hall–Kier alpha value is -1.84. The molecule has 0 spiro atoms. The lowest BCUT2D eigenvalue weighted by Gasteiger charge is -2.22. The van der Waals surface area contributed by atoms with E-state index in [1.165, 1.54) is 10.4 Å². The number of tetrazole rings is 1. The molecule has 3 N–H and O–H groups in total. The summed E-state index contributed by atoms with van der Waals surface area (Å²) in [5, 5.41) is 25.4. The van der Waals surface area contributed by atoms with Gasteiger partial charge >= 0.3 is 0 Å². The minimum Gasteiger partial charge on any atom is -0.396 e. The van der Waals surface area contributed by atoms with E-state index in [0.29, 0.717) is 18.7 Å². The number of aromatic nitrogens is 5. The average Bonchev–Trinajstić information content (AvgIpc) is 3.18. The molecule has 0 aromatic carbocycles. The highest BCUT2D eigenvalue weighted by Crippen LogP contribution is 2.36. The van der Waals surface area contributed by atoms with Crippen molar-refractivity contribution in [2.24, 2.45) is 0 Å². The standard InChI is InChI=1S/C14H19N7OS/c1-2-20-6-4-9-10(8-20)23-13-11(9)12(15-5-3-7-22)16-14-17-18-19-21(13)14/h22H,2-8H2,1H3,(H,15,16,17,19)/p+1. The molecule has 3 aromatic rings. The van der Waals surface area contributed by atoms with E-state index in [-0.39, 0.29) is 6.61 Å². The summed E-state index contributed by atoms with van der Waals surface area (Å²) in [6, 6.07) is 0. The van der Waals surface area contributed by atoms with Gasteiger partial charge in [0.15, 0.2) is 0 Å². The van der Waals surface area contributed by atoms with E-state index in [9.17, 15) is 0 Å². The van der Waals surface area contributed by atoms with Crippen molar-refractivity contribution in [2.45, 2.75) is 26.3 Å². The number of nitrogens with one attached hydrogen (secondary N) is 2. The van der Waals surface area contributed by atoms with E-state index >= 15 is 0 Å². The fourth-order valence-electron chi connectivity index (χ4n) is 3.17. The fourth-order valence-corrected chi connectivity index (χ4v) is 4.53. The van der Waals surface area contributed by atoms with Gasteiger partial charge in [-0.05, 0) is 29.3 Å². The van der Waals surface area contributed by atoms with Crippen molar-refractivity contribution in [2.75, 3.05) is 31.6 Å². The first-order valence-corrected chi connectivity index (χ1v) is 8.84. The van der Waals surface area contributed by atoms with Crippen LogP contribution in [0.5, 0.6) is 0 Å². The van der Waals surface area contributed by atoms with Gasteiger partial charge in [0.2, 0.25) is 0 Å². The molecule has 0 amide bonds. The number of hydrogen-bond acceptors (Lipinski definition) is 7. The predicted molar refractivity (Wildman–Crippen MR) is 87.9 cm³/mol. The summed E-state index contributed by atoms with van der Waals surface area (Å²) in [7, 11) is 0. The summed E-state index contributed by atoms with van der Waals surface area (Å²) in [5.74, 6) is 1.36. The molecule has 1 unspecified atom stereocenters. The van der Waals surface area contributed by atoms with E-state index in [1.54, 1.807) is 20.8 Å². The van der Waals surface area contributed by atoms with Gasteiger partial charge in [-0.25, -0.2) is 0 Å². The fraction of sp³-hybridized carbons (Fsp3) is 0.571. The third kappa shape index (κ3) is 2.44. The second-order valence-corrected chi connectivity index (χ2v) is 6.90. The third-order valence-electron chi connectivity index (χ3n) is 4.43. The number of likely N-dealkylation sites (N-methyl/N-ethyl adjacent to an activating group) is 1. The summed E-state index contributed by atoms with van der Waals surface area (Å²) in [5.41, 5.74) is 1.39. The van der Waals surface area contributed by atoms with Crippen molar-refractivity contribution >= 4 is 33.1 Å². The second kappa shape index (κ2) is 5.99. The zero-order valence-electron chi connectivity index (χ0n) is 13.0. The Balaban J connectivity index is 1.87. The quantitative estimate of drug-likeness (QED) is 0.544. The van der Waals surface area contributed by atoms with Crippen LogP contribution in [0.4, 0.5) is 5.82 Å². The molecule has 4 heterocycles. The van der Waals surface area contributed by atoms with Gasteiger partial charge < -0.3 is 15.3 Å². The predicted octanol–water partition coefficient (Wildman–Crippen LogP) is -0.511. The molecule has 0 fully saturated rings. The number of aliphatic hydroxyl groups is 1. The smallest absolute Gasteiger partial charge is 0.276 e. The topological polar surface area (TPSA) is 92.7 Å². The van der Waals surface area contributed by atoms with Gasteiger partial charge in [-0.1, -0.05) is 5.10 Å². The number of rotatable bonds is 5. The number of aliphatic hydroxyl groups excluding tert-OH is 1. The molecular formula is C14H20N7OS+. The highest BCUT2D eigenvalue weighted by Gasteiger charge is 2.26.